The summed E-state index contributed by atoms with van der Waals surface area (Å²) in [7, 11) is 1.46. The van der Waals surface area contributed by atoms with Crippen LogP contribution in [0.1, 0.15) is 16.1 Å². The van der Waals surface area contributed by atoms with Gasteiger partial charge in [-0.2, -0.15) is 0 Å². The molecule has 2 aromatic rings. The number of imidazole rings is 1. The Labute approximate surface area is 102 Å². The number of hydrogen-bond acceptors (Lipinski definition) is 3. The van der Waals surface area contributed by atoms with Crippen LogP contribution in [0.5, 0.6) is 5.75 Å². The molecule has 0 fully saturated rings. The fraction of sp³-hybridized carbons (Fsp3) is 0.167. The number of hydrogen-bond donors (Lipinski definition) is 2. The van der Waals surface area contributed by atoms with Crippen LogP contribution in [-0.4, -0.2) is 27.7 Å². The van der Waals surface area contributed by atoms with E-state index in [0.29, 0.717) is 17.1 Å². The number of methoxy groups -OCH3 is 1. The molecule has 0 aliphatic heterocycles. The second kappa shape index (κ2) is 4.40. The molecule has 0 amide bonds. The SMILES string of the molecule is COc1ccc(C(=O)O)cc1-n1c(C)c[nH]c1=O. The van der Waals surface area contributed by atoms with Crippen molar-refractivity contribution < 1.29 is 14.6 Å². The third-order valence-corrected chi connectivity index (χ3v) is 2.63. The standard InChI is InChI=1S/C12H12N2O4/c1-7-6-13-12(17)14(7)9-5-8(11(15)16)3-4-10(9)18-2/h3-6H,1-2H3,(H,13,17)(H,15,16). The first-order chi connectivity index (χ1) is 8.54. The van der Waals surface area contributed by atoms with Crippen molar-refractivity contribution in [3.63, 3.8) is 0 Å². The largest absolute Gasteiger partial charge is 0.495 e. The summed E-state index contributed by atoms with van der Waals surface area (Å²) in [4.78, 5) is 25.2. The summed E-state index contributed by atoms with van der Waals surface area (Å²) in [6.07, 6.45) is 1.55. The molecule has 0 saturated heterocycles. The quantitative estimate of drug-likeness (QED) is 0.854. The van der Waals surface area contributed by atoms with Gasteiger partial charge in [-0.05, 0) is 25.1 Å². The van der Waals surface area contributed by atoms with E-state index >= 15 is 0 Å². The lowest BCUT2D eigenvalue weighted by Crippen LogP contribution is -2.17. The van der Waals surface area contributed by atoms with Crippen molar-refractivity contribution in [3.05, 3.63) is 46.1 Å². The molecule has 0 aliphatic carbocycles. The van der Waals surface area contributed by atoms with Crippen molar-refractivity contribution in [3.8, 4) is 11.4 Å². The number of aromatic nitrogens is 2. The summed E-state index contributed by atoms with van der Waals surface area (Å²) >= 11 is 0. The number of aryl methyl sites for hydroxylation is 1. The summed E-state index contributed by atoms with van der Waals surface area (Å²) in [5, 5.41) is 8.97. The molecule has 0 unspecified atom stereocenters. The third-order valence-electron chi connectivity index (χ3n) is 2.63. The minimum absolute atomic E-state index is 0.0956. The maximum absolute atomic E-state index is 11.7. The zero-order valence-electron chi connectivity index (χ0n) is 9.93. The number of aromatic amines is 1. The molecular weight excluding hydrogens is 236 g/mol. The minimum Gasteiger partial charge on any atom is -0.495 e. The highest BCUT2D eigenvalue weighted by atomic mass is 16.5. The van der Waals surface area contributed by atoms with Crippen LogP contribution in [0.3, 0.4) is 0 Å². The zero-order valence-corrected chi connectivity index (χ0v) is 9.93. The molecule has 1 aromatic carbocycles. The predicted molar refractivity (Wildman–Crippen MR) is 64.6 cm³/mol. The van der Waals surface area contributed by atoms with Gasteiger partial charge in [0.15, 0.2) is 0 Å². The van der Waals surface area contributed by atoms with Gasteiger partial charge in [-0.25, -0.2) is 9.59 Å². The van der Waals surface area contributed by atoms with E-state index in [4.69, 9.17) is 9.84 Å². The zero-order chi connectivity index (χ0) is 13.3. The predicted octanol–water partition coefficient (Wildman–Crippen LogP) is 1.18. The molecule has 1 heterocycles. The molecule has 1 aromatic heterocycles. The maximum atomic E-state index is 11.7. The molecule has 2 rings (SSSR count). The van der Waals surface area contributed by atoms with Gasteiger partial charge in [-0.3, -0.25) is 4.57 Å². The van der Waals surface area contributed by atoms with E-state index in [2.05, 4.69) is 4.98 Å². The maximum Gasteiger partial charge on any atom is 0.335 e. The number of aromatic carboxylic acids is 1. The van der Waals surface area contributed by atoms with E-state index in [0.717, 1.165) is 0 Å². The first-order valence-corrected chi connectivity index (χ1v) is 5.23. The van der Waals surface area contributed by atoms with E-state index in [1.165, 1.54) is 29.9 Å². The Bertz CT molecular complexity index is 654. The first kappa shape index (κ1) is 12.0. The van der Waals surface area contributed by atoms with Gasteiger partial charge in [0.1, 0.15) is 5.75 Å². The van der Waals surface area contributed by atoms with Crippen LogP contribution < -0.4 is 10.4 Å². The van der Waals surface area contributed by atoms with Crippen LogP contribution in [0.4, 0.5) is 0 Å². The Morgan fingerprint density at radius 1 is 1.44 bits per heavy atom. The van der Waals surface area contributed by atoms with Crippen LogP contribution in [-0.2, 0) is 0 Å². The van der Waals surface area contributed by atoms with Gasteiger partial charge in [0.05, 0.1) is 18.4 Å². The lowest BCUT2D eigenvalue weighted by Gasteiger charge is -2.10. The molecule has 0 aliphatic rings. The van der Waals surface area contributed by atoms with Gasteiger partial charge in [0.25, 0.3) is 0 Å². The lowest BCUT2D eigenvalue weighted by molar-refractivity contribution is 0.0697. The van der Waals surface area contributed by atoms with E-state index in [-0.39, 0.29) is 11.3 Å². The van der Waals surface area contributed by atoms with Crippen molar-refractivity contribution in [1.29, 1.82) is 0 Å². The molecule has 2 N–H and O–H groups in total. The molecule has 6 nitrogen and oxygen atoms in total. The van der Waals surface area contributed by atoms with Crippen LogP contribution in [0.25, 0.3) is 5.69 Å². The summed E-state index contributed by atoms with van der Waals surface area (Å²) in [5.74, 6) is -0.620. The second-order valence-electron chi connectivity index (χ2n) is 3.76. The minimum atomic E-state index is -1.06. The van der Waals surface area contributed by atoms with E-state index < -0.39 is 5.97 Å². The normalized spacial score (nSPS) is 10.3. The highest BCUT2D eigenvalue weighted by molar-refractivity contribution is 5.88. The Kier molecular flexibility index (Phi) is 2.93. The summed E-state index contributed by atoms with van der Waals surface area (Å²) in [6, 6.07) is 4.36. The van der Waals surface area contributed by atoms with Crippen LogP contribution in [0.15, 0.2) is 29.2 Å². The third kappa shape index (κ3) is 1.88. The van der Waals surface area contributed by atoms with Gasteiger partial charge in [0.2, 0.25) is 0 Å². The average molecular weight is 248 g/mol. The molecule has 0 bridgehead atoms. The molecule has 0 saturated carbocycles. The fourth-order valence-corrected chi connectivity index (χ4v) is 1.75. The first-order valence-electron chi connectivity index (χ1n) is 5.23. The second-order valence-corrected chi connectivity index (χ2v) is 3.76. The van der Waals surface area contributed by atoms with Crippen molar-refractivity contribution in [2.75, 3.05) is 7.11 Å². The molecule has 18 heavy (non-hydrogen) atoms. The number of carbonyl (C=O) groups is 1. The van der Waals surface area contributed by atoms with E-state index in [9.17, 15) is 9.59 Å². The van der Waals surface area contributed by atoms with Gasteiger partial charge in [0, 0.05) is 11.9 Å². The van der Waals surface area contributed by atoms with Gasteiger partial charge in [-0.15, -0.1) is 0 Å². The molecular formula is C12H12N2O4. The highest BCUT2D eigenvalue weighted by Crippen LogP contribution is 2.24. The van der Waals surface area contributed by atoms with E-state index in [1.807, 2.05) is 0 Å². The Morgan fingerprint density at radius 3 is 2.67 bits per heavy atom. The molecule has 0 spiro atoms. The lowest BCUT2D eigenvalue weighted by atomic mass is 10.2. The molecule has 6 heteroatoms. The summed E-state index contributed by atoms with van der Waals surface area (Å²) in [6.45, 7) is 1.74. The summed E-state index contributed by atoms with van der Waals surface area (Å²) in [5.41, 5.74) is 0.827. The number of carboxylic acids is 1. The Hall–Kier alpha value is -2.50. The van der Waals surface area contributed by atoms with E-state index in [1.54, 1.807) is 13.1 Å². The fourth-order valence-electron chi connectivity index (χ4n) is 1.75. The number of H-pyrrole nitrogens is 1. The molecule has 0 atom stereocenters. The Morgan fingerprint density at radius 2 is 2.17 bits per heavy atom. The highest BCUT2D eigenvalue weighted by Gasteiger charge is 2.13. The number of ether oxygens (including phenoxy) is 1. The van der Waals surface area contributed by atoms with Crippen LogP contribution in [0.2, 0.25) is 0 Å². The number of rotatable bonds is 3. The number of carboxylic acid groups (broad SMARTS) is 1. The van der Waals surface area contributed by atoms with Gasteiger partial charge < -0.3 is 14.8 Å². The van der Waals surface area contributed by atoms with Crippen molar-refractivity contribution >= 4 is 5.97 Å². The van der Waals surface area contributed by atoms with Crippen molar-refractivity contribution in [2.24, 2.45) is 0 Å². The average Bonchev–Trinajstić information content (AvgIpc) is 2.68. The van der Waals surface area contributed by atoms with Crippen molar-refractivity contribution in [1.82, 2.24) is 9.55 Å². The van der Waals surface area contributed by atoms with Crippen molar-refractivity contribution in [2.45, 2.75) is 6.92 Å². The number of nitrogens with one attached hydrogen (secondary N) is 1. The topological polar surface area (TPSA) is 84.3 Å². The molecule has 94 valence electrons. The number of nitrogens with zero attached hydrogens (tertiary/aromatic N) is 1. The van der Waals surface area contributed by atoms with Gasteiger partial charge >= 0.3 is 11.7 Å². The van der Waals surface area contributed by atoms with Crippen LogP contribution in [0, 0.1) is 6.92 Å². The Balaban J connectivity index is 2.72. The monoisotopic (exact) mass is 248 g/mol. The van der Waals surface area contributed by atoms with Gasteiger partial charge in [-0.1, -0.05) is 0 Å². The number of benzene rings is 1. The summed E-state index contributed by atoms with van der Waals surface area (Å²) < 4.78 is 6.51. The molecule has 0 radical (unpaired) electrons. The smallest absolute Gasteiger partial charge is 0.335 e. The van der Waals surface area contributed by atoms with Crippen LogP contribution >= 0.6 is 0 Å².